The molecule has 2 heterocycles. The van der Waals surface area contributed by atoms with Crippen molar-refractivity contribution in [2.24, 2.45) is 0 Å². The molecule has 0 radical (unpaired) electrons. The highest BCUT2D eigenvalue weighted by molar-refractivity contribution is 7.89. The van der Waals surface area contributed by atoms with Crippen LogP contribution in [0.3, 0.4) is 0 Å². The molecule has 2 aliphatic heterocycles. The van der Waals surface area contributed by atoms with E-state index in [1.165, 1.54) is 6.92 Å². The maximum absolute atomic E-state index is 11.8. The number of carboxylic acids is 1. The van der Waals surface area contributed by atoms with Crippen LogP contribution in [-0.2, 0) is 51.9 Å². The lowest BCUT2D eigenvalue weighted by Gasteiger charge is -2.47. The van der Waals surface area contributed by atoms with Gasteiger partial charge in [-0.25, -0.2) is 14.2 Å². The fourth-order valence-electron chi connectivity index (χ4n) is 3.51. The third kappa shape index (κ3) is 8.13. The third-order valence-corrected chi connectivity index (χ3v) is 5.85. The van der Waals surface area contributed by atoms with Gasteiger partial charge in [0.25, 0.3) is 0 Å². The van der Waals surface area contributed by atoms with Gasteiger partial charge in [0, 0.05) is 6.92 Å². The van der Waals surface area contributed by atoms with Gasteiger partial charge < -0.3 is 40.0 Å². The van der Waals surface area contributed by atoms with Crippen molar-refractivity contribution < 1.29 is 80.2 Å². The number of rotatable bonds is 11. The molecule has 0 aromatic rings. The zero-order valence-corrected chi connectivity index (χ0v) is 19.6. The van der Waals surface area contributed by atoms with Crippen molar-refractivity contribution in [2.45, 2.75) is 75.0 Å². The Balaban J connectivity index is 2.40. The first kappa shape index (κ1) is 30.0. The summed E-state index contributed by atoms with van der Waals surface area (Å²) < 4.78 is 61.1. The van der Waals surface area contributed by atoms with Gasteiger partial charge in [0.05, 0.1) is 18.8 Å². The lowest BCUT2D eigenvalue weighted by Crippen LogP contribution is -2.67. The van der Waals surface area contributed by atoms with Crippen LogP contribution in [0.2, 0.25) is 0 Å². The maximum Gasteiger partial charge on any atom is 0.397 e. The van der Waals surface area contributed by atoms with E-state index in [0.717, 1.165) is 6.92 Å². The first-order chi connectivity index (χ1) is 16.3. The Morgan fingerprint density at radius 3 is 2.29 bits per heavy atom. The Bertz CT molecular complexity index is 828. The van der Waals surface area contributed by atoms with Gasteiger partial charge in [0.1, 0.15) is 36.6 Å². The lowest BCUT2D eigenvalue weighted by atomic mass is 9.92. The fourth-order valence-corrected chi connectivity index (χ4v) is 4.20. The number of carbonyl (C=O) groups excluding carboxylic acids is 1. The number of aliphatic hydroxyl groups excluding tert-OH is 3. The normalized spacial score (nSPS) is 38.1. The summed E-state index contributed by atoms with van der Waals surface area (Å²) in [4.78, 5) is 23.2. The highest BCUT2D eigenvalue weighted by Crippen LogP contribution is 2.33. The van der Waals surface area contributed by atoms with Gasteiger partial charge in [-0.2, -0.15) is 8.42 Å². The molecule has 35 heavy (non-hydrogen) atoms. The average molecular weight is 555 g/mol. The molecule has 1 amide bonds. The number of ether oxygens (including phenoxy) is 3. The monoisotopic (exact) mass is 555 g/mol. The highest BCUT2D eigenvalue weighted by Gasteiger charge is 2.53. The number of amides is 1. The topological polar surface area (TPSA) is 266 Å². The van der Waals surface area contributed by atoms with E-state index in [-0.39, 0.29) is 12.3 Å². The van der Waals surface area contributed by atoms with Crippen LogP contribution >= 0.6 is 12.3 Å². The standard InChI is InChI=1S/C15H25NO17S2/c1-4-7(16-5(2)17)12(29-15-10(20)8(18)9(19)13(30-15)14(21)22)11(31-34-33-32-23)6(28-4)3-27-35(24,25)26/h4,6-13,15,18-20,23H,3H2,1-2H3,(H,16,17)(H,21,22)(H,24,25,26)/t4-,6?,7?,8-,9+,10?,11-,12+,13?,15+/m0/s1. The molecule has 2 rings (SSSR count). The highest BCUT2D eigenvalue weighted by atomic mass is 32.3. The number of nitrogens with one attached hydrogen (secondary N) is 1. The largest absolute Gasteiger partial charge is 0.479 e. The molecule has 204 valence electrons. The van der Waals surface area contributed by atoms with Gasteiger partial charge in [0.15, 0.2) is 24.7 Å². The zero-order chi connectivity index (χ0) is 26.5. The van der Waals surface area contributed by atoms with E-state index in [4.69, 9.17) is 28.2 Å². The molecule has 18 nitrogen and oxygen atoms in total. The summed E-state index contributed by atoms with van der Waals surface area (Å²) >= 11 is -0.00727. The Kier molecular flexibility index (Phi) is 11.0. The average Bonchev–Trinajstić information content (AvgIpc) is 2.75. The van der Waals surface area contributed by atoms with Crippen molar-refractivity contribution in [3.05, 3.63) is 0 Å². The van der Waals surface area contributed by atoms with Crippen molar-refractivity contribution in [1.82, 2.24) is 5.32 Å². The molecule has 0 saturated carbocycles. The molecule has 10 atom stereocenters. The molecular formula is C15H25NO17S2. The van der Waals surface area contributed by atoms with E-state index in [9.17, 15) is 38.4 Å². The maximum atomic E-state index is 11.8. The van der Waals surface area contributed by atoms with Crippen LogP contribution in [0.1, 0.15) is 13.8 Å². The first-order valence-electron chi connectivity index (χ1n) is 9.69. The molecule has 0 spiro atoms. The van der Waals surface area contributed by atoms with E-state index in [0.29, 0.717) is 0 Å². The van der Waals surface area contributed by atoms with E-state index in [1.54, 1.807) is 0 Å². The van der Waals surface area contributed by atoms with Crippen molar-refractivity contribution >= 4 is 34.6 Å². The van der Waals surface area contributed by atoms with E-state index < -0.39 is 90.0 Å². The number of aliphatic hydroxyl groups is 3. The molecular weight excluding hydrogens is 530 g/mol. The number of hydrogen-bond acceptors (Lipinski definition) is 16. The fraction of sp³-hybridized carbons (Fsp3) is 0.867. The van der Waals surface area contributed by atoms with Crippen molar-refractivity contribution in [2.75, 3.05) is 6.61 Å². The molecule has 2 saturated heterocycles. The number of carboxylic acid groups (broad SMARTS) is 1. The van der Waals surface area contributed by atoms with E-state index >= 15 is 0 Å². The predicted octanol–water partition coefficient (Wildman–Crippen LogP) is -3.26. The van der Waals surface area contributed by atoms with Crippen LogP contribution in [0.5, 0.6) is 0 Å². The lowest BCUT2D eigenvalue weighted by molar-refractivity contribution is -0.435. The number of carbonyl (C=O) groups is 2. The Hall–Kier alpha value is -1.24. The van der Waals surface area contributed by atoms with Crippen LogP contribution in [-0.4, -0.2) is 118 Å². The van der Waals surface area contributed by atoms with Crippen LogP contribution in [0, 0.1) is 0 Å². The zero-order valence-electron chi connectivity index (χ0n) is 18.0. The summed E-state index contributed by atoms with van der Waals surface area (Å²) in [5.41, 5.74) is 0. The van der Waals surface area contributed by atoms with Gasteiger partial charge in [-0.1, -0.05) is 5.04 Å². The van der Waals surface area contributed by atoms with Crippen molar-refractivity contribution in [1.29, 1.82) is 0 Å². The molecule has 0 aromatic carbocycles. The van der Waals surface area contributed by atoms with E-state index in [1.807, 2.05) is 0 Å². The van der Waals surface area contributed by atoms with E-state index in [2.05, 4.69) is 18.9 Å². The van der Waals surface area contributed by atoms with Gasteiger partial charge in [0.2, 0.25) is 5.91 Å². The minimum atomic E-state index is -4.95. The second-order valence-corrected chi connectivity index (χ2v) is 8.98. The Morgan fingerprint density at radius 2 is 1.74 bits per heavy atom. The first-order valence-corrected chi connectivity index (χ1v) is 11.7. The molecule has 0 bridgehead atoms. The molecule has 2 aliphatic rings. The third-order valence-electron chi connectivity index (χ3n) is 5.00. The second-order valence-electron chi connectivity index (χ2n) is 7.43. The summed E-state index contributed by atoms with van der Waals surface area (Å²) in [6, 6.07) is -1.14. The van der Waals surface area contributed by atoms with Gasteiger partial charge in [-0.05, 0) is 6.92 Å². The Morgan fingerprint density at radius 1 is 1.09 bits per heavy atom. The van der Waals surface area contributed by atoms with Crippen LogP contribution in [0.4, 0.5) is 0 Å². The predicted molar refractivity (Wildman–Crippen MR) is 106 cm³/mol. The van der Waals surface area contributed by atoms with Crippen molar-refractivity contribution in [3.63, 3.8) is 0 Å². The summed E-state index contributed by atoms with van der Waals surface area (Å²) in [6.07, 6.45) is -15.4. The van der Waals surface area contributed by atoms with Crippen LogP contribution in [0.15, 0.2) is 0 Å². The van der Waals surface area contributed by atoms with Gasteiger partial charge >= 0.3 is 16.4 Å². The molecule has 0 aliphatic carbocycles. The minimum Gasteiger partial charge on any atom is -0.479 e. The Labute approximate surface area is 202 Å². The number of aliphatic carboxylic acids is 1. The summed E-state index contributed by atoms with van der Waals surface area (Å²) in [7, 11) is -4.95. The molecule has 2 fully saturated rings. The van der Waals surface area contributed by atoms with Crippen molar-refractivity contribution in [3.8, 4) is 0 Å². The smallest absolute Gasteiger partial charge is 0.397 e. The quantitative estimate of drug-likeness (QED) is 0.0433. The SMILES string of the molecule is CC(=O)NC1[C@H](C)OC(COS(=O)(=O)O)[C@H](OSOOO)[C@@H]1O[C@@H]1OC(C(=O)O)[C@H](O)[C@H](O)C1O. The molecule has 20 heteroatoms. The second kappa shape index (κ2) is 12.8. The molecule has 4 unspecified atom stereocenters. The summed E-state index contributed by atoms with van der Waals surface area (Å²) in [6.45, 7) is 1.69. The molecule has 0 aromatic heterocycles. The summed E-state index contributed by atoms with van der Waals surface area (Å²) in [5.74, 6) is -2.29. The summed E-state index contributed by atoms with van der Waals surface area (Å²) in [5, 5.41) is 53.7. The minimum absolute atomic E-state index is 0.00727. The van der Waals surface area contributed by atoms with Crippen LogP contribution in [0.25, 0.3) is 0 Å². The van der Waals surface area contributed by atoms with Crippen LogP contribution < -0.4 is 5.32 Å². The molecule has 7 N–H and O–H groups in total. The van der Waals surface area contributed by atoms with Gasteiger partial charge in [-0.15, -0.1) is 4.33 Å². The number of hydrogen-bond donors (Lipinski definition) is 7. The van der Waals surface area contributed by atoms with Gasteiger partial charge in [-0.3, -0.25) is 13.5 Å².